The van der Waals surface area contributed by atoms with Gasteiger partial charge in [0.15, 0.2) is 6.10 Å². The van der Waals surface area contributed by atoms with Crippen LogP contribution in [0.5, 0.6) is 0 Å². The lowest BCUT2D eigenvalue weighted by molar-refractivity contribution is -0.167. The number of ether oxygens (including phenoxy) is 3. The fraction of sp³-hybridized carbons (Fsp3) is 0.792. The van der Waals surface area contributed by atoms with Gasteiger partial charge in [-0.15, -0.1) is 0 Å². The molecule has 0 radical (unpaired) electrons. The molecule has 1 atom stereocenters. The second-order valence-corrected chi connectivity index (χ2v) is 16.8. The quantitative estimate of drug-likeness (QED) is 0.0200. The van der Waals surface area contributed by atoms with Gasteiger partial charge in [0.2, 0.25) is 0 Å². The zero-order valence-electron chi connectivity index (χ0n) is 39.0. The summed E-state index contributed by atoms with van der Waals surface area (Å²) >= 11 is 0. The third-order valence-electron chi connectivity index (χ3n) is 10.9. The second-order valence-electron chi connectivity index (χ2n) is 16.8. The molecule has 1 unspecified atom stereocenters. The SMILES string of the molecule is CC\C=C/C=C\C=C/CCCCCCCCCC(=O)OC(COC(=O)CCCCCCC/C=C\CCCCCCCCC)COC(=O)CCCCCCCCCCCC. The van der Waals surface area contributed by atoms with Crippen LogP contribution in [0.3, 0.4) is 0 Å². The third kappa shape index (κ3) is 46.3. The van der Waals surface area contributed by atoms with Crippen molar-refractivity contribution in [2.45, 2.75) is 258 Å². The molecule has 0 aromatic carbocycles. The second kappa shape index (κ2) is 48.0. The average Bonchev–Trinajstić information content (AvgIpc) is 3.23. The molecule has 0 N–H and O–H groups in total. The van der Waals surface area contributed by atoms with Crippen LogP contribution in [-0.4, -0.2) is 37.2 Å². The molecule has 0 amide bonds. The van der Waals surface area contributed by atoms with E-state index in [1.807, 2.05) is 0 Å². The maximum atomic E-state index is 12.8. The molecule has 0 aliphatic rings. The first-order valence-corrected chi connectivity index (χ1v) is 25.2. The summed E-state index contributed by atoms with van der Waals surface area (Å²) in [6, 6.07) is 0. The van der Waals surface area contributed by atoms with E-state index in [9.17, 15) is 14.4 Å². The molecule has 0 heterocycles. The number of hydrogen-bond donors (Lipinski definition) is 0. The van der Waals surface area contributed by atoms with Gasteiger partial charge in [-0.1, -0.05) is 217 Å². The highest BCUT2D eigenvalue weighted by Crippen LogP contribution is 2.15. The van der Waals surface area contributed by atoms with Gasteiger partial charge in [0.1, 0.15) is 13.2 Å². The van der Waals surface area contributed by atoms with Crippen LogP contribution in [0.2, 0.25) is 0 Å². The number of allylic oxidation sites excluding steroid dienone is 8. The van der Waals surface area contributed by atoms with E-state index in [4.69, 9.17) is 14.2 Å². The Kier molecular flexibility index (Phi) is 45.9. The molecule has 0 fully saturated rings. The lowest BCUT2D eigenvalue weighted by Crippen LogP contribution is -2.30. The topological polar surface area (TPSA) is 78.9 Å². The van der Waals surface area contributed by atoms with Crippen LogP contribution >= 0.6 is 0 Å². The molecule has 0 aliphatic heterocycles. The van der Waals surface area contributed by atoms with E-state index in [2.05, 4.69) is 69.4 Å². The van der Waals surface area contributed by atoms with Gasteiger partial charge in [0.05, 0.1) is 0 Å². The first kappa shape index (κ1) is 56.4. The molecule has 59 heavy (non-hydrogen) atoms. The van der Waals surface area contributed by atoms with Crippen molar-refractivity contribution >= 4 is 17.9 Å². The lowest BCUT2D eigenvalue weighted by Gasteiger charge is -2.18. The maximum Gasteiger partial charge on any atom is 0.306 e. The predicted octanol–water partition coefficient (Wildman–Crippen LogP) is 16.3. The summed E-state index contributed by atoms with van der Waals surface area (Å²) in [4.78, 5) is 37.9. The first-order chi connectivity index (χ1) is 29.0. The van der Waals surface area contributed by atoms with Crippen molar-refractivity contribution in [1.82, 2.24) is 0 Å². The zero-order valence-corrected chi connectivity index (χ0v) is 39.0. The van der Waals surface area contributed by atoms with Crippen molar-refractivity contribution in [3.63, 3.8) is 0 Å². The van der Waals surface area contributed by atoms with Crippen molar-refractivity contribution in [2.24, 2.45) is 0 Å². The molecule has 0 saturated carbocycles. The molecule has 0 saturated heterocycles. The smallest absolute Gasteiger partial charge is 0.306 e. The fourth-order valence-electron chi connectivity index (χ4n) is 7.08. The summed E-state index contributed by atoms with van der Waals surface area (Å²) in [5.74, 6) is -0.896. The molecular formula is C53H94O6. The number of unbranched alkanes of at least 4 members (excludes halogenated alkanes) is 28. The Bertz CT molecular complexity index is 1040. The Hall–Kier alpha value is -2.63. The van der Waals surface area contributed by atoms with Gasteiger partial charge >= 0.3 is 17.9 Å². The molecule has 0 aromatic rings. The Morgan fingerprint density at radius 3 is 1.07 bits per heavy atom. The molecule has 0 rings (SSSR count). The molecule has 6 heteroatoms. The summed E-state index contributed by atoms with van der Waals surface area (Å²) in [7, 11) is 0. The molecule has 0 aromatic heterocycles. The third-order valence-corrected chi connectivity index (χ3v) is 10.9. The number of esters is 3. The minimum Gasteiger partial charge on any atom is -0.462 e. The van der Waals surface area contributed by atoms with Gasteiger partial charge in [-0.3, -0.25) is 14.4 Å². The number of carbonyl (C=O) groups is 3. The summed E-state index contributed by atoms with van der Waals surface area (Å²) in [6.45, 7) is 6.48. The van der Waals surface area contributed by atoms with Crippen molar-refractivity contribution in [1.29, 1.82) is 0 Å². The van der Waals surface area contributed by atoms with E-state index in [0.717, 1.165) is 77.0 Å². The average molecular weight is 827 g/mol. The lowest BCUT2D eigenvalue weighted by atomic mass is 10.1. The summed E-state index contributed by atoms with van der Waals surface area (Å²) in [5, 5.41) is 0. The molecule has 0 spiro atoms. The highest BCUT2D eigenvalue weighted by molar-refractivity contribution is 5.71. The van der Waals surface area contributed by atoms with Crippen molar-refractivity contribution in [2.75, 3.05) is 13.2 Å². The van der Waals surface area contributed by atoms with Gasteiger partial charge < -0.3 is 14.2 Å². The molecule has 6 nitrogen and oxygen atoms in total. The normalized spacial score (nSPS) is 12.4. The largest absolute Gasteiger partial charge is 0.462 e. The Labute approximate surface area is 365 Å². The summed E-state index contributed by atoms with van der Waals surface area (Å²) < 4.78 is 16.8. The minimum atomic E-state index is -0.778. The van der Waals surface area contributed by atoms with Gasteiger partial charge in [-0.05, 0) is 64.2 Å². The first-order valence-electron chi connectivity index (χ1n) is 25.2. The van der Waals surface area contributed by atoms with E-state index in [1.54, 1.807) is 0 Å². The van der Waals surface area contributed by atoms with Crippen LogP contribution in [-0.2, 0) is 28.6 Å². The van der Waals surface area contributed by atoms with Crippen LogP contribution < -0.4 is 0 Å². The molecule has 0 bridgehead atoms. The number of hydrogen-bond acceptors (Lipinski definition) is 6. The van der Waals surface area contributed by atoms with E-state index in [-0.39, 0.29) is 31.1 Å². The van der Waals surface area contributed by atoms with Crippen molar-refractivity contribution < 1.29 is 28.6 Å². The molecule has 0 aliphatic carbocycles. The standard InChI is InChI=1S/C53H94O6/c1-4-7-10-13-16-19-22-24-26-28-29-31-34-37-40-43-46-52(55)58-49-50(48-57-51(54)45-42-39-36-33-21-18-15-12-9-6-3)59-53(56)47-44-41-38-35-32-30-27-25-23-20-17-14-11-8-5-2/h8,11,14,17,20,23,26,28,50H,4-7,9-10,12-13,15-16,18-19,21-22,24-25,27,29-49H2,1-3H3/b11-8-,17-14-,23-20-,28-26-. The zero-order chi connectivity index (χ0) is 43.0. The monoisotopic (exact) mass is 827 g/mol. The van der Waals surface area contributed by atoms with Gasteiger partial charge in [0.25, 0.3) is 0 Å². The molecule has 342 valence electrons. The van der Waals surface area contributed by atoms with Crippen LogP contribution in [0.1, 0.15) is 252 Å². The van der Waals surface area contributed by atoms with Gasteiger partial charge in [-0.2, -0.15) is 0 Å². The van der Waals surface area contributed by atoms with Crippen LogP contribution in [0, 0.1) is 0 Å². The number of carbonyl (C=O) groups excluding carboxylic acids is 3. The van der Waals surface area contributed by atoms with Gasteiger partial charge in [-0.25, -0.2) is 0 Å². The molecular weight excluding hydrogens is 733 g/mol. The maximum absolute atomic E-state index is 12.8. The highest BCUT2D eigenvalue weighted by Gasteiger charge is 2.19. The van der Waals surface area contributed by atoms with Crippen molar-refractivity contribution in [3.8, 4) is 0 Å². The van der Waals surface area contributed by atoms with E-state index in [0.29, 0.717) is 19.3 Å². The Balaban J connectivity index is 4.36. The van der Waals surface area contributed by atoms with Crippen molar-refractivity contribution in [3.05, 3.63) is 48.6 Å². The predicted molar refractivity (Wildman–Crippen MR) is 252 cm³/mol. The Morgan fingerprint density at radius 1 is 0.356 bits per heavy atom. The van der Waals surface area contributed by atoms with Crippen LogP contribution in [0.15, 0.2) is 48.6 Å². The Morgan fingerprint density at radius 2 is 0.678 bits per heavy atom. The summed E-state index contributed by atoms with van der Waals surface area (Å²) in [6.07, 6.45) is 56.6. The minimum absolute atomic E-state index is 0.0789. The van der Waals surface area contributed by atoms with E-state index >= 15 is 0 Å². The van der Waals surface area contributed by atoms with Crippen LogP contribution in [0.4, 0.5) is 0 Å². The summed E-state index contributed by atoms with van der Waals surface area (Å²) in [5.41, 5.74) is 0. The van der Waals surface area contributed by atoms with Gasteiger partial charge in [0, 0.05) is 19.3 Å². The van der Waals surface area contributed by atoms with E-state index < -0.39 is 6.10 Å². The van der Waals surface area contributed by atoms with E-state index in [1.165, 1.54) is 135 Å². The highest BCUT2D eigenvalue weighted by atomic mass is 16.6. The number of rotatable bonds is 45. The van der Waals surface area contributed by atoms with Crippen LogP contribution in [0.25, 0.3) is 0 Å². The fourth-order valence-corrected chi connectivity index (χ4v) is 7.08.